The molecule has 2 fully saturated rings. The Hall–Kier alpha value is -1.15. The van der Waals surface area contributed by atoms with Gasteiger partial charge in [-0.15, -0.1) is 11.3 Å². The fourth-order valence-corrected chi connectivity index (χ4v) is 5.00. The molecule has 0 bridgehead atoms. The van der Waals surface area contributed by atoms with Gasteiger partial charge in [0.2, 0.25) is 5.91 Å². The van der Waals surface area contributed by atoms with Crippen molar-refractivity contribution in [3.8, 4) is 0 Å². The Morgan fingerprint density at radius 1 is 1.31 bits per heavy atom. The molecular formula is C18H25F3N2O2S. The summed E-state index contributed by atoms with van der Waals surface area (Å²) in [5, 5.41) is 1.63. The number of piperidine rings is 1. The van der Waals surface area contributed by atoms with Crippen LogP contribution in [-0.2, 0) is 15.7 Å². The lowest BCUT2D eigenvalue weighted by Gasteiger charge is -2.33. The van der Waals surface area contributed by atoms with Crippen LogP contribution in [0.2, 0.25) is 0 Å². The number of hydrogen-bond acceptors (Lipinski definition) is 4. The van der Waals surface area contributed by atoms with E-state index in [0.717, 1.165) is 42.4 Å². The summed E-state index contributed by atoms with van der Waals surface area (Å²) in [6, 6.07) is 0. The normalized spacial score (nSPS) is 25.5. The van der Waals surface area contributed by atoms with Crippen molar-refractivity contribution in [3.63, 3.8) is 0 Å². The van der Waals surface area contributed by atoms with E-state index in [1.807, 2.05) is 4.90 Å². The largest absolute Gasteiger partial charge is 0.434 e. The number of carbonyl (C=O) groups is 1. The van der Waals surface area contributed by atoms with E-state index < -0.39 is 11.9 Å². The van der Waals surface area contributed by atoms with Crippen LogP contribution in [0.3, 0.4) is 0 Å². The number of alkyl halides is 3. The van der Waals surface area contributed by atoms with Gasteiger partial charge in [0.1, 0.15) is 0 Å². The highest BCUT2D eigenvalue weighted by molar-refractivity contribution is 7.09. The molecule has 1 saturated carbocycles. The predicted molar refractivity (Wildman–Crippen MR) is 93.0 cm³/mol. The van der Waals surface area contributed by atoms with Crippen molar-refractivity contribution in [1.82, 2.24) is 9.88 Å². The van der Waals surface area contributed by atoms with Crippen LogP contribution in [0.4, 0.5) is 13.2 Å². The second-order valence-corrected chi connectivity index (χ2v) is 8.21. The lowest BCUT2D eigenvalue weighted by molar-refractivity contribution is -0.140. The van der Waals surface area contributed by atoms with Crippen molar-refractivity contribution in [3.05, 3.63) is 16.1 Å². The molecule has 1 aliphatic heterocycles. The van der Waals surface area contributed by atoms with E-state index in [1.54, 1.807) is 7.11 Å². The van der Waals surface area contributed by atoms with E-state index in [-0.39, 0.29) is 17.9 Å². The number of likely N-dealkylation sites (tertiary alicyclic amines) is 1. The van der Waals surface area contributed by atoms with Crippen LogP contribution in [0.25, 0.3) is 0 Å². The van der Waals surface area contributed by atoms with Crippen molar-refractivity contribution in [2.24, 2.45) is 5.92 Å². The smallest absolute Gasteiger partial charge is 0.381 e. The first-order chi connectivity index (χ1) is 12.4. The van der Waals surface area contributed by atoms with Crippen LogP contribution in [0.15, 0.2) is 5.38 Å². The van der Waals surface area contributed by atoms with Gasteiger partial charge in [-0.2, -0.15) is 13.2 Å². The van der Waals surface area contributed by atoms with Crippen LogP contribution in [-0.4, -0.2) is 42.1 Å². The van der Waals surface area contributed by atoms with Gasteiger partial charge < -0.3 is 9.64 Å². The van der Waals surface area contributed by atoms with E-state index in [2.05, 4.69) is 4.98 Å². The number of rotatable bonds is 4. The standard InChI is InChI=1S/C18H25F3N2O2S/c1-25-14-4-2-3-12(9-14)10-16(24)23-7-5-13(6-8-23)17-22-15(11-26-17)18(19,20)21/h11-14H,2-10H2,1H3. The number of halogens is 3. The summed E-state index contributed by atoms with van der Waals surface area (Å²) in [5.74, 6) is 0.570. The lowest BCUT2D eigenvalue weighted by atomic mass is 9.84. The van der Waals surface area contributed by atoms with E-state index in [9.17, 15) is 18.0 Å². The van der Waals surface area contributed by atoms with Crippen LogP contribution < -0.4 is 0 Å². The molecule has 1 aliphatic carbocycles. The molecule has 0 spiro atoms. The number of amides is 1. The van der Waals surface area contributed by atoms with Gasteiger partial charge in [0, 0.05) is 37.9 Å². The highest BCUT2D eigenvalue weighted by atomic mass is 32.1. The molecule has 2 unspecified atom stereocenters. The number of ether oxygens (including phenoxy) is 1. The van der Waals surface area contributed by atoms with Gasteiger partial charge in [0.25, 0.3) is 0 Å². The van der Waals surface area contributed by atoms with E-state index in [1.165, 1.54) is 0 Å². The first-order valence-corrected chi connectivity index (χ1v) is 10.1. The maximum atomic E-state index is 12.7. The summed E-state index contributed by atoms with van der Waals surface area (Å²) in [7, 11) is 1.72. The third kappa shape index (κ3) is 4.76. The molecule has 1 saturated heterocycles. The minimum atomic E-state index is -4.38. The maximum Gasteiger partial charge on any atom is 0.434 e. The van der Waals surface area contributed by atoms with Gasteiger partial charge in [-0.05, 0) is 38.0 Å². The molecule has 1 amide bonds. The van der Waals surface area contributed by atoms with Gasteiger partial charge in [0.05, 0.1) is 11.1 Å². The zero-order valence-electron chi connectivity index (χ0n) is 14.9. The van der Waals surface area contributed by atoms with Crippen molar-refractivity contribution in [2.75, 3.05) is 20.2 Å². The Morgan fingerprint density at radius 2 is 2.04 bits per heavy atom. The van der Waals surface area contributed by atoms with Crippen LogP contribution >= 0.6 is 11.3 Å². The molecule has 2 atom stereocenters. The molecule has 146 valence electrons. The number of methoxy groups -OCH3 is 1. The first kappa shape index (κ1) is 19.6. The molecule has 0 radical (unpaired) electrons. The Morgan fingerprint density at radius 3 is 2.65 bits per heavy atom. The highest BCUT2D eigenvalue weighted by Gasteiger charge is 2.35. The topological polar surface area (TPSA) is 42.4 Å². The molecule has 8 heteroatoms. The zero-order valence-corrected chi connectivity index (χ0v) is 15.7. The van der Waals surface area contributed by atoms with Crippen molar-refractivity contribution >= 4 is 17.2 Å². The Labute approximate surface area is 155 Å². The summed E-state index contributed by atoms with van der Waals surface area (Å²) in [6.07, 6.45) is 1.99. The van der Waals surface area contributed by atoms with Crippen LogP contribution in [0, 0.1) is 5.92 Å². The third-order valence-corrected chi connectivity index (χ3v) is 6.55. The minimum Gasteiger partial charge on any atom is -0.381 e. The second kappa shape index (κ2) is 8.25. The molecule has 26 heavy (non-hydrogen) atoms. The second-order valence-electron chi connectivity index (χ2n) is 7.32. The zero-order chi connectivity index (χ0) is 18.7. The fraction of sp³-hybridized carbons (Fsp3) is 0.778. The summed E-state index contributed by atoms with van der Waals surface area (Å²) < 4.78 is 43.5. The maximum absolute atomic E-state index is 12.7. The Balaban J connectivity index is 1.48. The third-order valence-electron chi connectivity index (χ3n) is 5.54. The molecule has 2 aliphatic rings. The number of nitrogens with zero attached hydrogens (tertiary/aromatic N) is 2. The summed E-state index contributed by atoms with van der Waals surface area (Å²) in [5.41, 5.74) is -0.805. The van der Waals surface area contributed by atoms with E-state index in [4.69, 9.17) is 4.74 Å². The molecule has 1 aromatic heterocycles. The highest BCUT2D eigenvalue weighted by Crippen LogP contribution is 2.36. The molecule has 1 aromatic rings. The number of carbonyl (C=O) groups excluding carboxylic acids is 1. The van der Waals surface area contributed by atoms with Gasteiger partial charge in [-0.3, -0.25) is 4.79 Å². The van der Waals surface area contributed by atoms with Crippen LogP contribution in [0.1, 0.15) is 61.6 Å². The van der Waals surface area contributed by atoms with E-state index >= 15 is 0 Å². The van der Waals surface area contributed by atoms with Crippen molar-refractivity contribution in [2.45, 2.75) is 63.1 Å². The lowest BCUT2D eigenvalue weighted by Crippen LogP contribution is -2.39. The SMILES string of the molecule is COC1CCCC(CC(=O)N2CCC(c3nc(C(F)(F)F)cs3)CC2)C1. The molecule has 0 aromatic carbocycles. The summed E-state index contributed by atoms with van der Waals surface area (Å²) in [6.45, 7) is 1.20. The van der Waals surface area contributed by atoms with Crippen molar-refractivity contribution < 1.29 is 22.7 Å². The van der Waals surface area contributed by atoms with Gasteiger partial charge in [0.15, 0.2) is 5.69 Å². The van der Waals surface area contributed by atoms with Gasteiger partial charge >= 0.3 is 6.18 Å². The Kier molecular flexibility index (Phi) is 6.22. The fourth-order valence-electron chi connectivity index (χ4n) is 4.00. The van der Waals surface area contributed by atoms with Gasteiger partial charge in [-0.25, -0.2) is 4.98 Å². The monoisotopic (exact) mass is 390 g/mol. The first-order valence-electron chi connectivity index (χ1n) is 9.20. The summed E-state index contributed by atoms with van der Waals surface area (Å²) in [4.78, 5) is 18.2. The summed E-state index contributed by atoms with van der Waals surface area (Å²) >= 11 is 1.08. The van der Waals surface area contributed by atoms with Gasteiger partial charge in [-0.1, -0.05) is 6.42 Å². The van der Waals surface area contributed by atoms with Crippen LogP contribution in [0.5, 0.6) is 0 Å². The predicted octanol–water partition coefficient (Wildman–Crippen LogP) is 4.46. The molecular weight excluding hydrogens is 365 g/mol. The minimum absolute atomic E-state index is 0.0210. The quantitative estimate of drug-likeness (QED) is 0.762. The molecule has 0 N–H and O–H groups in total. The van der Waals surface area contributed by atoms with Crippen molar-refractivity contribution in [1.29, 1.82) is 0 Å². The average molecular weight is 390 g/mol. The number of hydrogen-bond donors (Lipinski definition) is 0. The molecule has 4 nitrogen and oxygen atoms in total. The number of thiazole rings is 1. The molecule has 3 rings (SSSR count). The Bertz CT molecular complexity index is 612. The number of aromatic nitrogens is 1. The molecule has 2 heterocycles. The van der Waals surface area contributed by atoms with E-state index in [0.29, 0.717) is 43.3 Å². The average Bonchev–Trinajstić information content (AvgIpc) is 3.12.